The van der Waals surface area contributed by atoms with E-state index >= 15 is 0 Å². The molecule has 0 fully saturated rings. The van der Waals surface area contributed by atoms with Gasteiger partial charge >= 0.3 is 5.97 Å². The first-order valence-electron chi connectivity index (χ1n) is 6.07. The first-order chi connectivity index (χ1) is 9.01. The van der Waals surface area contributed by atoms with Gasteiger partial charge < -0.3 is 14.7 Å². The van der Waals surface area contributed by atoms with Gasteiger partial charge in [0.25, 0.3) is 0 Å². The van der Waals surface area contributed by atoms with Crippen molar-refractivity contribution in [3.63, 3.8) is 0 Å². The molecule has 0 saturated carbocycles. The lowest BCUT2D eigenvalue weighted by molar-refractivity contribution is -0.145. The molecule has 0 aliphatic heterocycles. The Morgan fingerprint density at radius 1 is 1.37 bits per heavy atom. The molecular weight excluding hydrogens is 246 g/mol. The summed E-state index contributed by atoms with van der Waals surface area (Å²) in [5, 5.41) is 11.7. The predicted molar refractivity (Wildman–Crippen MR) is 72.2 cm³/mol. The van der Waals surface area contributed by atoms with E-state index in [9.17, 15) is 4.79 Å². The van der Waals surface area contributed by atoms with Gasteiger partial charge in [0.2, 0.25) is 0 Å². The van der Waals surface area contributed by atoms with Gasteiger partial charge in [0.1, 0.15) is 5.75 Å². The zero-order valence-electron chi connectivity index (χ0n) is 11.7. The van der Waals surface area contributed by atoms with Crippen LogP contribution < -0.4 is 4.74 Å². The topological polar surface area (TPSA) is 68.1 Å². The number of aryl methyl sites for hydroxylation is 2. The highest BCUT2D eigenvalue weighted by Gasteiger charge is 2.13. The first-order valence-corrected chi connectivity index (χ1v) is 6.07. The highest BCUT2D eigenvalue weighted by molar-refractivity contribution is 5.85. The Kier molecular flexibility index (Phi) is 5.36. The average molecular weight is 265 g/mol. The minimum atomic E-state index is -0.403. The van der Waals surface area contributed by atoms with Crippen LogP contribution in [0.1, 0.15) is 29.2 Å². The number of rotatable bonds is 5. The monoisotopic (exact) mass is 265 g/mol. The molecule has 0 radical (unpaired) electrons. The van der Waals surface area contributed by atoms with Gasteiger partial charge in [0, 0.05) is 11.1 Å². The van der Waals surface area contributed by atoms with Crippen molar-refractivity contribution in [2.24, 2.45) is 5.16 Å². The van der Waals surface area contributed by atoms with Gasteiger partial charge in [-0.1, -0.05) is 11.2 Å². The fraction of sp³-hybridized carbons (Fsp3) is 0.429. The van der Waals surface area contributed by atoms with Crippen molar-refractivity contribution in [3.05, 3.63) is 28.3 Å². The number of esters is 1. The standard InChI is InChI=1S/C14H19NO4/c1-5-18-13(16)8-19-14-10(3)6-9(2)12(7-15-17)11(14)4/h6-7,17H,5,8H2,1-4H3. The number of hydrogen-bond acceptors (Lipinski definition) is 5. The second-order valence-corrected chi connectivity index (χ2v) is 4.22. The normalized spacial score (nSPS) is 10.7. The summed E-state index contributed by atoms with van der Waals surface area (Å²) >= 11 is 0. The lowest BCUT2D eigenvalue weighted by Gasteiger charge is -2.15. The zero-order valence-corrected chi connectivity index (χ0v) is 11.7. The molecule has 1 rings (SSSR count). The molecule has 0 saturated heterocycles. The van der Waals surface area contributed by atoms with Crippen LogP contribution in [-0.2, 0) is 9.53 Å². The van der Waals surface area contributed by atoms with Crippen molar-refractivity contribution < 1.29 is 19.5 Å². The number of carbonyl (C=O) groups is 1. The van der Waals surface area contributed by atoms with Crippen molar-refractivity contribution in [1.82, 2.24) is 0 Å². The molecule has 0 aromatic heterocycles. The maximum Gasteiger partial charge on any atom is 0.344 e. The second kappa shape index (κ2) is 6.78. The van der Waals surface area contributed by atoms with Gasteiger partial charge in [-0.2, -0.15) is 0 Å². The average Bonchev–Trinajstić information content (AvgIpc) is 2.34. The molecule has 0 heterocycles. The van der Waals surface area contributed by atoms with E-state index in [1.807, 2.05) is 26.8 Å². The Hall–Kier alpha value is -2.04. The maximum atomic E-state index is 11.3. The van der Waals surface area contributed by atoms with Gasteiger partial charge in [-0.25, -0.2) is 4.79 Å². The Bertz CT molecular complexity index is 495. The SMILES string of the molecule is CCOC(=O)COc1c(C)cc(C)c(C=NO)c1C. The lowest BCUT2D eigenvalue weighted by atomic mass is 9.99. The number of oxime groups is 1. The number of hydrogen-bond donors (Lipinski definition) is 1. The van der Waals surface area contributed by atoms with Crippen LogP contribution in [-0.4, -0.2) is 30.6 Å². The van der Waals surface area contributed by atoms with E-state index in [1.54, 1.807) is 6.92 Å². The molecule has 5 nitrogen and oxygen atoms in total. The van der Waals surface area contributed by atoms with Crippen molar-refractivity contribution in [1.29, 1.82) is 0 Å². The molecule has 1 aromatic carbocycles. The molecule has 0 aliphatic carbocycles. The van der Waals surface area contributed by atoms with E-state index in [1.165, 1.54) is 6.21 Å². The number of nitrogens with zero attached hydrogens (tertiary/aromatic N) is 1. The Morgan fingerprint density at radius 3 is 2.63 bits per heavy atom. The zero-order chi connectivity index (χ0) is 14.4. The summed E-state index contributed by atoms with van der Waals surface area (Å²) in [6.07, 6.45) is 1.36. The fourth-order valence-corrected chi connectivity index (χ4v) is 1.99. The summed E-state index contributed by atoms with van der Waals surface area (Å²) in [6, 6.07) is 1.92. The molecule has 104 valence electrons. The van der Waals surface area contributed by atoms with Crippen molar-refractivity contribution in [2.75, 3.05) is 13.2 Å². The third-order valence-electron chi connectivity index (χ3n) is 2.79. The molecule has 5 heteroatoms. The van der Waals surface area contributed by atoms with Crippen LogP contribution in [0.2, 0.25) is 0 Å². The third kappa shape index (κ3) is 3.71. The van der Waals surface area contributed by atoms with E-state index in [2.05, 4.69) is 5.16 Å². The second-order valence-electron chi connectivity index (χ2n) is 4.22. The first kappa shape index (κ1) is 15.0. The minimum absolute atomic E-state index is 0.131. The van der Waals surface area contributed by atoms with Crippen LogP contribution in [0.4, 0.5) is 0 Å². The van der Waals surface area contributed by atoms with E-state index < -0.39 is 5.97 Å². The molecule has 19 heavy (non-hydrogen) atoms. The van der Waals surface area contributed by atoms with E-state index in [4.69, 9.17) is 14.7 Å². The van der Waals surface area contributed by atoms with E-state index in [-0.39, 0.29) is 6.61 Å². The highest BCUT2D eigenvalue weighted by atomic mass is 16.6. The molecule has 0 amide bonds. The van der Waals surface area contributed by atoms with Gasteiger partial charge in [0.15, 0.2) is 6.61 Å². The third-order valence-corrected chi connectivity index (χ3v) is 2.79. The number of carbonyl (C=O) groups excluding carboxylic acids is 1. The van der Waals surface area contributed by atoms with Crippen LogP contribution in [0.25, 0.3) is 0 Å². The van der Waals surface area contributed by atoms with E-state index in [0.29, 0.717) is 12.4 Å². The smallest absolute Gasteiger partial charge is 0.344 e. The van der Waals surface area contributed by atoms with Crippen molar-refractivity contribution in [3.8, 4) is 5.75 Å². The quantitative estimate of drug-likeness (QED) is 0.384. The molecule has 0 aliphatic rings. The number of benzene rings is 1. The van der Waals surface area contributed by atoms with Crippen molar-refractivity contribution >= 4 is 12.2 Å². The predicted octanol–water partition coefficient (Wildman–Crippen LogP) is 2.36. The van der Waals surface area contributed by atoms with Gasteiger partial charge in [-0.15, -0.1) is 0 Å². The minimum Gasteiger partial charge on any atom is -0.481 e. The lowest BCUT2D eigenvalue weighted by Crippen LogP contribution is -2.16. The fourth-order valence-electron chi connectivity index (χ4n) is 1.99. The summed E-state index contributed by atoms with van der Waals surface area (Å²) in [5.41, 5.74) is 3.53. The van der Waals surface area contributed by atoms with Crippen LogP contribution in [0.5, 0.6) is 5.75 Å². The Balaban J connectivity index is 3.00. The molecule has 0 bridgehead atoms. The summed E-state index contributed by atoms with van der Waals surface area (Å²) in [7, 11) is 0. The Morgan fingerprint density at radius 2 is 2.05 bits per heavy atom. The van der Waals surface area contributed by atoms with Crippen LogP contribution in [0.15, 0.2) is 11.2 Å². The number of ether oxygens (including phenoxy) is 2. The molecule has 0 spiro atoms. The van der Waals surface area contributed by atoms with Crippen molar-refractivity contribution in [2.45, 2.75) is 27.7 Å². The summed E-state index contributed by atoms with van der Waals surface area (Å²) in [5.74, 6) is 0.216. The molecule has 0 atom stereocenters. The summed E-state index contributed by atoms with van der Waals surface area (Å²) in [6.45, 7) is 7.63. The van der Waals surface area contributed by atoms with Crippen LogP contribution >= 0.6 is 0 Å². The van der Waals surface area contributed by atoms with E-state index in [0.717, 1.165) is 22.3 Å². The largest absolute Gasteiger partial charge is 0.481 e. The van der Waals surface area contributed by atoms with Crippen LogP contribution in [0, 0.1) is 20.8 Å². The Labute approximate surface area is 112 Å². The van der Waals surface area contributed by atoms with Gasteiger partial charge in [-0.3, -0.25) is 0 Å². The summed E-state index contributed by atoms with van der Waals surface area (Å²) < 4.78 is 10.3. The van der Waals surface area contributed by atoms with Crippen LogP contribution in [0.3, 0.4) is 0 Å². The summed E-state index contributed by atoms with van der Waals surface area (Å²) in [4.78, 5) is 11.3. The maximum absolute atomic E-state index is 11.3. The van der Waals surface area contributed by atoms with Gasteiger partial charge in [0.05, 0.1) is 12.8 Å². The molecule has 0 unspecified atom stereocenters. The van der Waals surface area contributed by atoms with Gasteiger partial charge in [-0.05, 0) is 38.8 Å². The molecular formula is C14H19NO4. The highest BCUT2D eigenvalue weighted by Crippen LogP contribution is 2.28. The molecule has 1 N–H and O–H groups in total. The molecule has 1 aromatic rings.